The molecule has 11 heavy (non-hydrogen) atoms. The maximum atomic E-state index is 10.1. The van der Waals surface area contributed by atoms with Crippen molar-refractivity contribution in [2.45, 2.75) is 38.2 Å². The largest absolute Gasteiger partial charge is 0.820 e. The van der Waals surface area contributed by atoms with Gasteiger partial charge >= 0.3 is 0 Å². The standard InChI is InChI=1S/C6H11O3P.H3N/c7-10(8)9-6-4-2-1-3-5-6;/h6H,1-5H2;1H3/q-2;/p+1. The number of hydrogen-bond acceptors (Lipinski definition) is 3. The summed E-state index contributed by atoms with van der Waals surface area (Å²) in [7, 11) is -2.62. The molecule has 1 aliphatic rings. The third kappa shape index (κ3) is 4.67. The minimum Gasteiger partial charge on any atom is -0.820 e. The molecule has 0 unspecified atom stereocenters. The predicted molar refractivity (Wildman–Crippen MR) is 40.9 cm³/mol. The van der Waals surface area contributed by atoms with Gasteiger partial charge in [0.15, 0.2) is 0 Å². The van der Waals surface area contributed by atoms with Gasteiger partial charge in [0.2, 0.25) is 0 Å². The van der Waals surface area contributed by atoms with Gasteiger partial charge in [-0.25, -0.2) is 0 Å². The fourth-order valence-corrected chi connectivity index (χ4v) is 1.75. The molecule has 1 rings (SSSR count). The molecule has 0 spiro atoms. The van der Waals surface area contributed by atoms with Crippen LogP contribution in [0.15, 0.2) is 0 Å². The Morgan fingerprint density at radius 2 is 1.64 bits per heavy atom. The molecule has 0 atom stereocenters. The predicted octanol–water partition coefficient (Wildman–Crippen LogP) is 0.659. The molecule has 0 aromatic heterocycles. The van der Waals surface area contributed by atoms with Crippen molar-refractivity contribution in [2.75, 3.05) is 0 Å². The van der Waals surface area contributed by atoms with Crippen molar-refractivity contribution in [3.8, 4) is 0 Å². The van der Waals surface area contributed by atoms with Crippen LogP contribution in [0.1, 0.15) is 32.1 Å². The molecule has 4 nitrogen and oxygen atoms in total. The number of rotatable bonds is 2. The monoisotopic (exact) mass is 180 g/mol. The average molecular weight is 180 g/mol. The Labute approximate surface area is 68.2 Å². The third-order valence-electron chi connectivity index (χ3n) is 1.79. The maximum absolute atomic E-state index is 10.1. The van der Waals surface area contributed by atoms with E-state index in [2.05, 4.69) is 4.52 Å². The number of hydrogen-bond donors (Lipinski definition) is 1. The molecule has 0 aliphatic heterocycles. The van der Waals surface area contributed by atoms with Gasteiger partial charge in [0.05, 0.1) is 6.10 Å². The van der Waals surface area contributed by atoms with E-state index < -0.39 is 8.60 Å². The summed E-state index contributed by atoms with van der Waals surface area (Å²) in [5.74, 6) is 0. The van der Waals surface area contributed by atoms with Gasteiger partial charge in [0.25, 0.3) is 0 Å². The summed E-state index contributed by atoms with van der Waals surface area (Å²) < 4.78 is 4.64. The van der Waals surface area contributed by atoms with E-state index in [1.165, 1.54) is 6.42 Å². The van der Waals surface area contributed by atoms with Crippen LogP contribution in [0, 0.1) is 0 Å². The lowest BCUT2D eigenvalue weighted by molar-refractivity contribution is -0.321. The van der Waals surface area contributed by atoms with E-state index in [0.717, 1.165) is 25.7 Å². The van der Waals surface area contributed by atoms with Crippen molar-refractivity contribution in [2.24, 2.45) is 0 Å². The van der Waals surface area contributed by atoms with Crippen LogP contribution in [0.3, 0.4) is 0 Å². The van der Waals surface area contributed by atoms with Gasteiger partial charge in [0.1, 0.15) is 0 Å². The fraction of sp³-hybridized carbons (Fsp3) is 1.00. The Balaban J connectivity index is 0.000001000. The first-order valence-electron chi connectivity index (χ1n) is 3.60. The van der Waals surface area contributed by atoms with Gasteiger partial charge in [-0.3, -0.25) is 0 Å². The second-order valence-electron chi connectivity index (χ2n) is 2.59. The van der Waals surface area contributed by atoms with Crippen molar-refractivity contribution in [1.82, 2.24) is 6.15 Å². The van der Waals surface area contributed by atoms with Crippen LogP contribution in [0.25, 0.3) is 0 Å². The summed E-state index contributed by atoms with van der Waals surface area (Å²) in [6.07, 6.45) is 5.22. The van der Waals surface area contributed by atoms with Crippen LogP contribution in [-0.4, -0.2) is 6.10 Å². The topological polar surface area (TPSA) is 91.9 Å². The number of quaternary nitrogens is 1. The Bertz CT molecular complexity index is 95.8. The van der Waals surface area contributed by atoms with E-state index in [4.69, 9.17) is 0 Å². The first kappa shape index (κ1) is 11.3. The highest BCUT2D eigenvalue weighted by molar-refractivity contribution is 7.36. The van der Waals surface area contributed by atoms with E-state index in [9.17, 15) is 9.79 Å². The second kappa shape index (κ2) is 5.86. The van der Waals surface area contributed by atoms with Crippen molar-refractivity contribution < 1.29 is 14.3 Å². The summed E-state index contributed by atoms with van der Waals surface area (Å²) in [6, 6.07) is 0. The van der Waals surface area contributed by atoms with E-state index in [-0.39, 0.29) is 12.3 Å². The van der Waals surface area contributed by atoms with E-state index in [1.807, 2.05) is 0 Å². The smallest absolute Gasteiger partial charge is 0.0585 e. The van der Waals surface area contributed by atoms with Crippen molar-refractivity contribution in [3.05, 3.63) is 0 Å². The molecular weight excluding hydrogens is 165 g/mol. The summed E-state index contributed by atoms with van der Waals surface area (Å²) in [6.45, 7) is 0. The summed E-state index contributed by atoms with van der Waals surface area (Å²) in [5, 5.41) is 0. The van der Waals surface area contributed by atoms with Crippen LogP contribution in [0.2, 0.25) is 0 Å². The zero-order valence-corrected chi connectivity index (χ0v) is 7.68. The molecular formula is C6H15NO3P-. The van der Waals surface area contributed by atoms with E-state index >= 15 is 0 Å². The van der Waals surface area contributed by atoms with Gasteiger partial charge in [-0.1, -0.05) is 19.3 Å². The molecule has 0 radical (unpaired) electrons. The first-order valence-corrected chi connectivity index (χ1v) is 4.70. The Kier molecular flexibility index (Phi) is 6.01. The van der Waals surface area contributed by atoms with Crippen molar-refractivity contribution >= 4 is 8.60 Å². The summed E-state index contributed by atoms with van der Waals surface area (Å²) in [5.41, 5.74) is 0. The lowest BCUT2D eigenvalue weighted by atomic mass is 9.98. The highest BCUT2D eigenvalue weighted by Crippen LogP contribution is 2.27. The third-order valence-corrected chi connectivity index (χ3v) is 2.26. The molecule has 5 heteroatoms. The van der Waals surface area contributed by atoms with Crippen LogP contribution < -0.4 is 15.9 Å². The molecule has 1 saturated carbocycles. The Morgan fingerprint density at radius 1 is 1.09 bits per heavy atom. The fourth-order valence-electron chi connectivity index (χ4n) is 1.29. The molecule has 0 heterocycles. The van der Waals surface area contributed by atoms with Crippen molar-refractivity contribution in [1.29, 1.82) is 0 Å². The van der Waals surface area contributed by atoms with Gasteiger partial charge in [-0.15, -0.1) is 0 Å². The van der Waals surface area contributed by atoms with Gasteiger partial charge in [-0.05, 0) is 12.8 Å². The molecule has 0 bridgehead atoms. The molecule has 0 aromatic rings. The highest BCUT2D eigenvalue weighted by atomic mass is 31.2. The Morgan fingerprint density at radius 3 is 2.09 bits per heavy atom. The van der Waals surface area contributed by atoms with Crippen LogP contribution >= 0.6 is 8.60 Å². The zero-order chi connectivity index (χ0) is 7.40. The molecule has 68 valence electrons. The second-order valence-corrected chi connectivity index (χ2v) is 3.25. The Hall–Kier alpha value is 0.270. The van der Waals surface area contributed by atoms with Crippen LogP contribution in [0.5, 0.6) is 0 Å². The SMILES string of the molecule is [NH4+].[O-]P([O-])OC1CCCCC1. The highest BCUT2D eigenvalue weighted by Gasteiger charge is 2.11. The average Bonchev–Trinajstić information content (AvgIpc) is 1.88. The van der Waals surface area contributed by atoms with Gasteiger partial charge < -0.3 is 20.5 Å². The lowest BCUT2D eigenvalue weighted by Gasteiger charge is -2.35. The van der Waals surface area contributed by atoms with Crippen molar-refractivity contribution in [3.63, 3.8) is 0 Å². The zero-order valence-electron chi connectivity index (χ0n) is 6.78. The molecule has 1 aliphatic carbocycles. The summed E-state index contributed by atoms with van der Waals surface area (Å²) in [4.78, 5) is 20.2. The van der Waals surface area contributed by atoms with Crippen LogP contribution in [-0.2, 0) is 4.52 Å². The van der Waals surface area contributed by atoms with E-state index in [0.29, 0.717) is 0 Å². The molecule has 0 aromatic carbocycles. The molecule has 4 N–H and O–H groups in total. The summed E-state index contributed by atoms with van der Waals surface area (Å²) >= 11 is 0. The lowest BCUT2D eigenvalue weighted by Crippen LogP contribution is -2.20. The van der Waals surface area contributed by atoms with Gasteiger partial charge in [-0.2, -0.15) is 8.60 Å². The van der Waals surface area contributed by atoms with Gasteiger partial charge in [0, 0.05) is 0 Å². The maximum Gasteiger partial charge on any atom is 0.0585 e. The van der Waals surface area contributed by atoms with Crippen LogP contribution in [0.4, 0.5) is 0 Å². The minimum atomic E-state index is -2.62. The quantitative estimate of drug-likeness (QED) is 0.632. The molecule has 1 fully saturated rings. The minimum absolute atomic E-state index is 0. The first-order chi connectivity index (χ1) is 4.79. The van der Waals surface area contributed by atoms with E-state index in [1.54, 1.807) is 0 Å². The normalized spacial score (nSPS) is 19.9. The molecule has 0 amide bonds. The molecule has 0 saturated heterocycles.